The predicted molar refractivity (Wildman–Crippen MR) is 69.5 cm³/mol. The van der Waals surface area contributed by atoms with Gasteiger partial charge in [0.1, 0.15) is 0 Å². The smallest absolute Gasteiger partial charge is 0.357 e. The van der Waals surface area contributed by atoms with Crippen LogP contribution in [0.4, 0.5) is 0 Å². The lowest BCUT2D eigenvalue weighted by atomic mass is 10.2. The molecule has 2 aromatic rings. The normalized spacial score (nSPS) is 10.2. The quantitative estimate of drug-likeness (QED) is 0.623. The van der Waals surface area contributed by atoms with E-state index in [9.17, 15) is 9.59 Å². The number of esters is 1. The van der Waals surface area contributed by atoms with Crippen LogP contribution in [0.5, 0.6) is 0 Å². The van der Waals surface area contributed by atoms with E-state index in [0.717, 1.165) is 0 Å². The van der Waals surface area contributed by atoms with Crippen LogP contribution in [0.2, 0.25) is 0 Å². The third kappa shape index (κ3) is 2.54. The minimum Gasteiger partial charge on any atom is -0.461 e. The Hall–Kier alpha value is -2.43. The second-order valence-electron chi connectivity index (χ2n) is 3.93. The van der Waals surface area contributed by atoms with Crippen LogP contribution >= 0.6 is 0 Å². The second-order valence-corrected chi connectivity index (χ2v) is 3.93. The fraction of sp³-hybridized carbons (Fsp3) is 0.214. The Morgan fingerprint density at radius 2 is 1.95 bits per heavy atom. The van der Waals surface area contributed by atoms with Crippen LogP contribution in [0.3, 0.4) is 0 Å². The van der Waals surface area contributed by atoms with Gasteiger partial charge in [0.2, 0.25) is 0 Å². The average molecular weight is 258 g/mol. The first-order valence-electron chi connectivity index (χ1n) is 5.96. The van der Waals surface area contributed by atoms with Crippen LogP contribution in [0.1, 0.15) is 34.7 Å². The maximum absolute atomic E-state index is 12.0. The van der Waals surface area contributed by atoms with Gasteiger partial charge in [0, 0.05) is 0 Å². The summed E-state index contributed by atoms with van der Waals surface area (Å²) in [6.07, 6.45) is 1.39. The van der Waals surface area contributed by atoms with E-state index in [1.807, 2.05) is 18.2 Å². The summed E-state index contributed by atoms with van der Waals surface area (Å²) in [5, 5.41) is 4.11. The summed E-state index contributed by atoms with van der Waals surface area (Å²) in [4.78, 5) is 23.5. The zero-order valence-corrected chi connectivity index (χ0v) is 10.8. The first kappa shape index (κ1) is 13.0. The molecular formula is C14H14N2O3. The van der Waals surface area contributed by atoms with Gasteiger partial charge < -0.3 is 4.74 Å². The summed E-state index contributed by atoms with van der Waals surface area (Å²) in [5.41, 5.74) is 1.14. The molecule has 2 rings (SSSR count). The number of rotatable bonds is 4. The highest BCUT2D eigenvalue weighted by Crippen LogP contribution is 2.16. The van der Waals surface area contributed by atoms with E-state index in [4.69, 9.17) is 4.74 Å². The third-order valence-corrected chi connectivity index (χ3v) is 2.62. The van der Waals surface area contributed by atoms with Gasteiger partial charge in [-0.2, -0.15) is 5.10 Å². The van der Waals surface area contributed by atoms with E-state index in [1.165, 1.54) is 17.8 Å². The second kappa shape index (κ2) is 5.48. The number of hydrogen-bond acceptors (Lipinski definition) is 4. The summed E-state index contributed by atoms with van der Waals surface area (Å²) < 4.78 is 6.41. The Morgan fingerprint density at radius 1 is 1.26 bits per heavy atom. The van der Waals surface area contributed by atoms with Gasteiger partial charge >= 0.3 is 5.97 Å². The lowest BCUT2D eigenvalue weighted by Crippen LogP contribution is -2.15. The molecule has 0 aliphatic heterocycles. The van der Waals surface area contributed by atoms with E-state index in [-0.39, 0.29) is 23.6 Å². The summed E-state index contributed by atoms with van der Waals surface area (Å²) in [7, 11) is 0. The number of ether oxygens (including phenoxy) is 1. The van der Waals surface area contributed by atoms with Crippen molar-refractivity contribution in [1.29, 1.82) is 0 Å². The summed E-state index contributed by atoms with van der Waals surface area (Å²) in [5.74, 6) is -0.765. The number of hydrogen-bond donors (Lipinski definition) is 0. The van der Waals surface area contributed by atoms with Crippen molar-refractivity contribution in [1.82, 2.24) is 9.78 Å². The van der Waals surface area contributed by atoms with Crippen LogP contribution in [-0.2, 0) is 4.74 Å². The van der Waals surface area contributed by atoms with Gasteiger partial charge in [-0.05, 0) is 26.0 Å². The number of Topliss-reactive ketones (excluding diaryl/α,β-unsaturated/α-hetero) is 1. The minimum absolute atomic E-state index is 0.167. The van der Waals surface area contributed by atoms with Crippen molar-refractivity contribution in [3.05, 3.63) is 47.8 Å². The highest BCUT2D eigenvalue weighted by Gasteiger charge is 2.23. The topological polar surface area (TPSA) is 61.2 Å². The van der Waals surface area contributed by atoms with Gasteiger partial charge in [-0.15, -0.1) is 0 Å². The fourth-order valence-electron chi connectivity index (χ4n) is 1.77. The van der Waals surface area contributed by atoms with Gasteiger partial charge in [-0.25, -0.2) is 9.48 Å². The van der Waals surface area contributed by atoms with Crippen LogP contribution in [-0.4, -0.2) is 28.1 Å². The molecule has 19 heavy (non-hydrogen) atoms. The van der Waals surface area contributed by atoms with E-state index >= 15 is 0 Å². The molecule has 5 nitrogen and oxygen atoms in total. The monoisotopic (exact) mass is 258 g/mol. The largest absolute Gasteiger partial charge is 0.461 e. The fourth-order valence-corrected chi connectivity index (χ4v) is 1.77. The van der Waals surface area contributed by atoms with Crippen LogP contribution in [0.25, 0.3) is 5.69 Å². The standard InChI is InChI=1S/C14H14N2O3/c1-3-19-14(18)13-12(10(2)17)9-15-16(13)11-7-5-4-6-8-11/h4-9H,3H2,1-2H3. The molecule has 0 bridgehead atoms. The Kier molecular flexibility index (Phi) is 3.75. The highest BCUT2D eigenvalue weighted by molar-refractivity contribution is 6.04. The molecule has 0 saturated carbocycles. The number of benzene rings is 1. The van der Waals surface area contributed by atoms with Crippen molar-refractivity contribution in [2.24, 2.45) is 0 Å². The van der Waals surface area contributed by atoms with Crippen molar-refractivity contribution in [3.8, 4) is 5.69 Å². The molecule has 1 heterocycles. The molecule has 0 radical (unpaired) electrons. The lowest BCUT2D eigenvalue weighted by Gasteiger charge is -2.07. The molecule has 98 valence electrons. The molecule has 0 aliphatic rings. The van der Waals surface area contributed by atoms with E-state index in [1.54, 1.807) is 19.1 Å². The molecule has 0 unspecified atom stereocenters. The van der Waals surface area contributed by atoms with Crippen molar-refractivity contribution < 1.29 is 14.3 Å². The van der Waals surface area contributed by atoms with Crippen molar-refractivity contribution in [2.45, 2.75) is 13.8 Å². The third-order valence-electron chi connectivity index (χ3n) is 2.62. The molecule has 1 aromatic heterocycles. The first-order valence-corrected chi connectivity index (χ1v) is 5.96. The van der Waals surface area contributed by atoms with E-state index in [0.29, 0.717) is 5.69 Å². The van der Waals surface area contributed by atoms with Gasteiger partial charge in [0.05, 0.1) is 24.1 Å². The number of aromatic nitrogens is 2. The minimum atomic E-state index is -0.547. The van der Waals surface area contributed by atoms with Crippen LogP contribution in [0.15, 0.2) is 36.5 Å². The van der Waals surface area contributed by atoms with Gasteiger partial charge in [-0.3, -0.25) is 4.79 Å². The Morgan fingerprint density at radius 3 is 2.53 bits per heavy atom. The molecule has 0 amide bonds. The maximum atomic E-state index is 12.0. The van der Waals surface area contributed by atoms with Crippen LogP contribution < -0.4 is 0 Å². The maximum Gasteiger partial charge on any atom is 0.357 e. The van der Waals surface area contributed by atoms with Gasteiger partial charge in [-0.1, -0.05) is 18.2 Å². The van der Waals surface area contributed by atoms with E-state index in [2.05, 4.69) is 5.10 Å². The first-order chi connectivity index (χ1) is 9.15. The zero-order valence-electron chi connectivity index (χ0n) is 10.8. The molecule has 0 fully saturated rings. The molecule has 0 N–H and O–H groups in total. The molecule has 0 atom stereocenters. The molecule has 0 aliphatic carbocycles. The number of para-hydroxylation sites is 1. The number of ketones is 1. The lowest BCUT2D eigenvalue weighted by molar-refractivity contribution is 0.0512. The van der Waals surface area contributed by atoms with Gasteiger partial charge in [0.25, 0.3) is 0 Å². The van der Waals surface area contributed by atoms with Crippen molar-refractivity contribution in [3.63, 3.8) is 0 Å². The number of nitrogens with zero attached hydrogens (tertiary/aromatic N) is 2. The van der Waals surface area contributed by atoms with Crippen molar-refractivity contribution in [2.75, 3.05) is 6.61 Å². The molecule has 0 saturated heterocycles. The van der Waals surface area contributed by atoms with Gasteiger partial charge in [0.15, 0.2) is 11.5 Å². The number of carbonyl (C=O) groups is 2. The highest BCUT2D eigenvalue weighted by atomic mass is 16.5. The summed E-state index contributed by atoms with van der Waals surface area (Å²) in [6, 6.07) is 9.14. The average Bonchev–Trinajstić information content (AvgIpc) is 2.85. The Labute approximate surface area is 110 Å². The molecule has 5 heteroatoms. The Balaban J connectivity index is 2.56. The SMILES string of the molecule is CCOC(=O)c1c(C(C)=O)cnn1-c1ccccc1. The van der Waals surface area contributed by atoms with Crippen LogP contribution in [0, 0.1) is 0 Å². The van der Waals surface area contributed by atoms with Crippen molar-refractivity contribution >= 4 is 11.8 Å². The molecule has 0 spiro atoms. The summed E-state index contributed by atoms with van der Waals surface area (Å²) >= 11 is 0. The number of carbonyl (C=O) groups excluding carboxylic acids is 2. The van der Waals surface area contributed by atoms with E-state index < -0.39 is 5.97 Å². The predicted octanol–water partition coefficient (Wildman–Crippen LogP) is 2.25. The molecular weight excluding hydrogens is 244 g/mol. The summed E-state index contributed by atoms with van der Waals surface area (Å²) in [6.45, 7) is 3.36. The molecule has 1 aromatic carbocycles. The zero-order chi connectivity index (χ0) is 13.8. The Bertz CT molecular complexity index is 602.